The van der Waals surface area contributed by atoms with Gasteiger partial charge >= 0.3 is 6.03 Å². The number of imide groups is 1. The molecule has 0 radical (unpaired) electrons. The van der Waals surface area contributed by atoms with Gasteiger partial charge in [0, 0.05) is 7.05 Å². The first-order valence-corrected chi connectivity index (χ1v) is 5.82. The molecule has 0 saturated carbocycles. The van der Waals surface area contributed by atoms with E-state index in [1.807, 2.05) is 42.5 Å². The molecular formula is C14H11N3O2. The van der Waals surface area contributed by atoms with E-state index in [9.17, 15) is 9.59 Å². The number of fused-ring (bicyclic) bond motifs is 1. The zero-order valence-electron chi connectivity index (χ0n) is 10.3. The van der Waals surface area contributed by atoms with Crippen LogP contribution in [-0.4, -0.2) is 29.7 Å². The smallest absolute Gasteiger partial charge is 0.277 e. The molecule has 1 heterocycles. The van der Waals surface area contributed by atoms with Gasteiger partial charge in [0.15, 0.2) is 0 Å². The highest BCUT2D eigenvalue weighted by Gasteiger charge is 2.31. The van der Waals surface area contributed by atoms with Crippen LogP contribution in [0.1, 0.15) is 0 Å². The standard InChI is InChI=1S/C14H11N3O2/c1-17-12(13(18)16-14(17)19)15-11-7-6-9-4-2-3-5-10(9)8-11/h2-8H,1H3,(H,16,18,19). The number of amides is 3. The molecule has 3 rings (SSSR count). The Morgan fingerprint density at radius 3 is 2.47 bits per heavy atom. The molecule has 0 unspecified atom stereocenters. The molecule has 3 amide bonds. The maximum atomic E-state index is 11.6. The predicted octanol–water partition coefficient (Wildman–Crippen LogP) is 2.05. The summed E-state index contributed by atoms with van der Waals surface area (Å²) in [4.78, 5) is 28.3. The third kappa shape index (κ3) is 1.95. The molecule has 94 valence electrons. The second-order valence-corrected chi connectivity index (χ2v) is 4.29. The van der Waals surface area contributed by atoms with Crippen molar-refractivity contribution in [3.63, 3.8) is 0 Å². The molecule has 5 nitrogen and oxygen atoms in total. The lowest BCUT2D eigenvalue weighted by Crippen LogP contribution is -2.26. The van der Waals surface area contributed by atoms with Crippen molar-refractivity contribution in [1.29, 1.82) is 0 Å². The predicted molar refractivity (Wildman–Crippen MR) is 72.3 cm³/mol. The van der Waals surface area contributed by atoms with Crippen LogP contribution in [0.2, 0.25) is 0 Å². The van der Waals surface area contributed by atoms with E-state index in [1.165, 1.54) is 11.9 Å². The van der Waals surface area contributed by atoms with Crippen LogP contribution >= 0.6 is 0 Å². The number of nitrogens with zero attached hydrogens (tertiary/aromatic N) is 2. The van der Waals surface area contributed by atoms with Gasteiger partial charge in [0.2, 0.25) is 5.84 Å². The molecule has 19 heavy (non-hydrogen) atoms. The number of nitrogens with one attached hydrogen (secondary N) is 1. The van der Waals surface area contributed by atoms with Crippen LogP contribution in [-0.2, 0) is 4.79 Å². The summed E-state index contributed by atoms with van der Waals surface area (Å²) < 4.78 is 0. The summed E-state index contributed by atoms with van der Waals surface area (Å²) in [5.74, 6) is -0.360. The maximum Gasteiger partial charge on any atom is 0.329 e. The molecule has 0 atom stereocenters. The minimum Gasteiger partial charge on any atom is -0.277 e. The van der Waals surface area contributed by atoms with Crippen molar-refractivity contribution in [1.82, 2.24) is 10.2 Å². The van der Waals surface area contributed by atoms with Crippen molar-refractivity contribution >= 4 is 34.2 Å². The van der Waals surface area contributed by atoms with Gasteiger partial charge in [-0.05, 0) is 22.9 Å². The molecule has 0 aromatic heterocycles. The summed E-state index contributed by atoms with van der Waals surface area (Å²) in [5.41, 5.74) is 0.644. The lowest BCUT2D eigenvalue weighted by molar-refractivity contribution is -0.113. The molecule has 1 aliphatic rings. The van der Waals surface area contributed by atoms with Crippen LogP contribution in [0.25, 0.3) is 10.8 Å². The molecule has 1 aliphatic heterocycles. The Kier molecular flexibility index (Phi) is 2.52. The molecule has 1 fully saturated rings. The number of rotatable bonds is 1. The first-order chi connectivity index (χ1) is 9.15. The van der Waals surface area contributed by atoms with E-state index in [0.29, 0.717) is 5.69 Å². The Bertz CT molecular complexity index is 721. The van der Waals surface area contributed by atoms with Crippen molar-refractivity contribution in [2.24, 2.45) is 4.99 Å². The molecule has 1 saturated heterocycles. The van der Waals surface area contributed by atoms with E-state index in [-0.39, 0.29) is 5.84 Å². The van der Waals surface area contributed by atoms with Gasteiger partial charge < -0.3 is 0 Å². The van der Waals surface area contributed by atoms with Crippen molar-refractivity contribution in [3.8, 4) is 0 Å². The highest BCUT2D eigenvalue weighted by Crippen LogP contribution is 2.21. The van der Waals surface area contributed by atoms with E-state index >= 15 is 0 Å². The Labute approximate surface area is 109 Å². The van der Waals surface area contributed by atoms with Gasteiger partial charge in [-0.25, -0.2) is 9.79 Å². The summed E-state index contributed by atoms with van der Waals surface area (Å²) >= 11 is 0. The molecule has 5 heteroatoms. The van der Waals surface area contributed by atoms with Gasteiger partial charge in [-0.1, -0.05) is 30.3 Å². The minimum absolute atomic E-state index is 0.111. The number of hydrogen-bond donors (Lipinski definition) is 1. The number of aliphatic imine (C=N–C) groups is 1. The third-order valence-electron chi connectivity index (χ3n) is 3.01. The van der Waals surface area contributed by atoms with Gasteiger partial charge in [-0.2, -0.15) is 0 Å². The number of carbonyl (C=O) groups is 2. The molecule has 0 bridgehead atoms. The lowest BCUT2D eigenvalue weighted by Gasteiger charge is -2.06. The maximum absolute atomic E-state index is 11.6. The molecule has 2 aromatic rings. The van der Waals surface area contributed by atoms with Crippen LogP contribution in [0.15, 0.2) is 47.5 Å². The van der Waals surface area contributed by atoms with Crippen molar-refractivity contribution in [3.05, 3.63) is 42.5 Å². The van der Waals surface area contributed by atoms with E-state index in [1.54, 1.807) is 0 Å². The molecular weight excluding hydrogens is 242 g/mol. The first-order valence-electron chi connectivity index (χ1n) is 5.82. The molecule has 0 spiro atoms. The van der Waals surface area contributed by atoms with E-state index in [0.717, 1.165) is 10.8 Å². The fraction of sp³-hybridized carbons (Fsp3) is 0.0714. The molecule has 0 aliphatic carbocycles. The fourth-order valence-electron chi connectivity index (χ4n) is 1.98. The summed E-state index contributed by atoms with van der Waals surface area (Å²) in [7, 11) is 1.51. The van der Waals surface area contributed by atoms with E-state index < -0.39 is 11.9 Å². The largest absolute Gasteiger partial charge is 0.329 e. The summed E-state index contributed by atoms with van der Waals surface area (Å²) in [6, 6.07) is 13.1. The second kappa shape index (κ2) is 4.20. The van der Waals surface area contributed by atoms with Crippen molar-refractivity contribution in [2.75, 3.05) is 7.05 Å². The Morgan fingerprint density at radius 1 is 1.05 bits per heavy atom. The van der Waals surface area contributed by atoms with Crippen LogP contribution in [0.4, 0.5) is 10.5 Å². The summed E-state index contributed by atoms with van der Waals surface area (Å²) in [6.45, 7) is 0. The number of likely N-dealkylation sites (N-methyl/N-ethyl adjacent to an activating group) is 1. The van der Waals surface area contributed by atoms with Crippen molar-refractivity contribution in [2.45, 2.75) is 0 Å². The minimum atomic E-state index is -0.472. The average molecular weight is 253 g/mol. The Hall–Kier alpha value is -2.69. The van der Waals surface area contributed by atoms with E-state index in [2.05, 4.69) is 10.3 Å². The van der Waals surface area contributed by atoms with Crippen LogP contribution in [0, 0.1) is 0 Å². The third-order valence-corrected chi connectivity index (χ3v) is 3.01. The SMILES string of the molecule is CN1C(=O)NC(=O)C1=Nc1ccc2ccccc2c1. The molecule has 1 N–H and O–H groups in total. The van der Waals surface area contributed by atoms with Gasteiger partial charge in [-0.3, -0.25) is 15.0 Å². The van der Waals surface area contributed by atoms with Crippen LogP contribution in [0.5, 0.6) is 0 Å². The second-order valence-electron chi connectivity index (χ2n) is 4.29. The monoisotopic (exact) mass is 253 g/mol. The van der Waals surface area contributed by atoms with Gasteiger partial charge in [-0.15, -0.1) is 0 Å². The number of carbonyl (C=O) groups excluding carboxylic acids is 2. The first kappa shape index (κ1) is 11.4. The van der Waals surface area contributed by atoms with Gasteiger partial charge in [0.1, 0.15) is 0 Å². The number of urea groups is 1. The normalized spacial score (nSPS) is 17.3. The van der Waals surface area contributed by atoms with Crippen LogP contribution in [0.3, 0.4) is 0 Å². The van der Waals surface area contributed by atoms with Crippen molar-refractivity contribution < 1.29 is 9.59 Å². The quantitative estimate of drug-likeness (QED) is 0.791. The van der Waals surface area contributed by atoms with E-state index in [4.69, 9.17) is 0 Å². The zero-order valence-corrected chi connectivity index (χ0v) is 10.3. The highest BCUT2D eigenvalue weighted by molar-refractivity contribution is 6.47. The molecule has 2 aromatic carbocycles. The highest BCUT2D eigenvalue weighted by atomic mass is 16.2. The number of amidine groups is 1. The Morgan fingerprint density at radius 2 is 1.79 bits per heavy atom. The average Bonchev–Trinajstić information content (AvgIpc) is 2.65. The van der Waals surface area contributed by atoms with Gasteiger partial charge in [0.25, 0.3) is 5.91 Å². The summed E-state index contributed by atoms with van der Waals surface area (Å²) in [6.07, 6.45) is 0. The lowest BCUT2D eigenvalue weighted by atomic mass is 10.1. The Balaban J connectivity index is 2.05. The summed E-state index contributed by atoms with van der Waals surface area (Å²) in [5, 5.41) is 4.33. The topological polar surface area (TPSA) is 61.8 Å². The van der Waals surface area contributed by atoms with Crippen LogP contribution < -0.4 is 5.32 Å². The number of benzene rings is 2. The van der Waals surface area contributed by atoms with Gasteiger partial charge in [0.05, 0.1) is 5.69 Å². The zero-order chi connectivity index (χ0) is 13.4. The number of hydrogen-bond acceptors (Lipinski definition) is 3. The fourth-order valence-corrected chi connectivity index (χ4v) is 1.98.